The van der Waals surface area contributed by atoms with Crippen LogP contribution >= 0.6 is 0 Å². The topological polar surface area (TPSA) is 64.4 Å². The van der Waals surface area contributed by atoms with Crippen molar-refractivity contribution in [2.75, 3.05) is 6.79 Å². The van der Waals surface area contributed by atoms with E-state index in [1.807, 2.05) is 24.3 Å². The van der Waals surface area contributed by atoms with Crippen molar-refractivity contribution in [1.82, 2.24) is 4.98 Å². The molecule has 0 bridgehead atoms. The second-order valence-electron chi connectivity index (χ2n) is 3.96. The number of hydrogen-bond donors (Lipinski definition) is 0. The normalized spacial score (nSPS) is 11.9. The zero-order valence-electron chi connectivity index (χ0n) is 10.00. The predicted octanol–water partition coefficient (Wildman–Crippen LogP) is 2.26. The zero-order valence-corrected chi connectivity index (χ0v) is 10.00. The van der Waals surface area contributed by atoms with Gasteiger partial charge in [0.1, 0.15) is 24.1 Å². The summed E-state index contributed by atoms with van der Waals surface area (Å²) in [5.41, 5.74) is 1.27. The zero-order chi connectivity index (χ0) is 13.1. The highest BCUT2D eigenvalue weighted by Gasteiger charge is 2.13. The van der Waals surface area contributed by atoms with E-state index in [-0.39, 0.29) is 6.79 Å². The number of aromatic nitrogens is 1. The maximum atomic E-state index is 8.77. The van der Waals surface area contributed by atoms with Crippen LogP contribution in [0.2, 0.25) is 0 Å². The Kier molecular flexibility index (Phi) is 2.91. The molecule has 2 heterocycles. The van der Waals surface area contributed by atoms with Gasteiger partial charge < -0.3 is 14.2 Å². The van der Waals surface area contributed by atoms with Crippen molar-refractivity contribution in [3.8, 4) is 23.3 Å². The molecule has 5 nitrogen and oxygen atoms in total. The summed E-state index contributed by atoms with van der Waals surface area (Å²) in [5.74, 6) is 2.10. The number of nitriles is 1. The lowest BCUT2D eigenvalue weighted by Crippen LogP contribution is -1.96. The molecular weight excluding hydrogens is 244 g/mol. The molecule has 1 aromatic heterocycles. The first-order chi connectivity index (χ1) is 9.35. The lowest BCUT2D eigenvalue weighted by atomic mass is 10.2. The van der Waals surface area contributed by atoms with Gasteiger partial charge in [0, 0.05) is 12.3 Å². The Morgan fingerprint density at radius 1 is 1.21 bits per heavy atom. The minimum Gasteiger partial charge on any atom is -0.489 e. The van der Waals surface area contributed by atoms with Crippen molar-refractivity contribution in [3.63, 3.8) is 0 Å². The molecule has 0 spiro atoms. The summed E-state index contributed by atoms with van der Waals surface area (Å²) in [5, 5.41) is 8.77. The summed E-state index contributed by atoms with van der Waals surface area (Å²) in [6.45, 7) is 0.617. The van der Waals surface area contributed by atoms with Crippen LogP contribution in [0.25, 0.3) is 0 Å². The highest BCUT2D eigenvalue weighted by atomic mass is 16.7. The SMILES string of the molecule is N#Cc1cc(COc2ccc3c(c2)OCO3)ccn1. The summed E-state index contributed by atoms with van der Waals surface area (Å²) in [6.07, 6.45) is 1.59. The monoisotopic (exact) mass is 254 g/mol. The third kappa shape index (κ3) is 2.43. The van der Waals surface area contributed by atoms with Gasteiger partial charge >= 0.3 is 0 Å². The Morgan fingerprint density at radius 3 is 3.00 bits per heavy atom. The van der Waals surface area contributed by atoms with Crippen molar-refractivity contribution in [3.05, 3.63) is 47.8 Å². The molecule has 3 rings (SSSR count). The third-order valence-corrected chi connectivity index (χ3v) is 2.69. The molecule has 0 N–H and O–H groups in total. The van der Waals surface area contributed by atoms with Crippen LogP contribution in [0.4, 0.5) is 0 Å². The summed E-state index contributed by atoms with van der Waals surface area (Å²) in [6, 6.07) is 10.9. The van der Waals surface area contributed by atoms with Gasteiger partial charge in [-0.2, -0.15) is 5.26 Å². The van der Waals surface area contributed by atoms with E-state index in [1.165, 1.54) is 0 Å². The van der Waals surface area contributed by atoms with Gasteiger partial charge in [-0.1, -0.05) is 0 Å². The average molecular weight is 254 g/mol. The number of hydrogen-bond acceptors (Lipinski definition) is 5. The molecule has 0 saturated heterocycles. The van der Waals surface area contributed by atoms with Crippen LogP contribution in [0.5, 0.6) is 17.2 Å². The Morgan fingerprint density at radius 2 is 2.11 bits per heavy atom. The molecule has 0 radical (unpaired) electrons. The van der Waals surface area contributed by atoms with Crippen molar-refractivity contribution in [2.45, 2.75) is 6.61 Å². The largest absolute Gasteiger partial charge is 0.489 e. The van der Waals surface area contributed by atoms with Crippen LogP contribution in [-0.4, -0.2) is 11.8 Å². The molecule has 1 aromatic carbocycles. The van der Waals surface area contributed by atoms with Gasteiger partial charge in [0.25, 0.3) is 0 Å². The number of pyridine rings is 1. The first-order valence-corrected chi connectivity index (χ1v) is 5.72. The van der Waals surface area contributed by atoms with Crippen LogP contribution in [0.15, 0.2) is 36.5 Å². The average Bonchev–Trinajstić information content (AvgIpc) is 2.93. The lowest BCUT2D eigenvalue weighted by molar-refractivity contribution is 0.173. The standard InChI is InChI=1S/C14H10N2O3/c15-7-11-5-10(3-4-16-11)8-17-12-1-2-13-14(6-12)19-9-18-13/h1-6H,8-9H2. The van der Waals surface area contributed by atoms with Crippen molar-refractivity contribution in [1.29, 1.82) is 5.26 Å². The van der Waals surface area contributed by atoms with Gasteiger partial charge in [0.2, 0.25) is 6.79 Å². The smallest absolute Gasteiger partial charge is 0.231 e. The van der Waals surface area contributed by atoms with Crippen LogP contribution < -0.4 is 14.2 Å². The quantitative estimate of drug-likeness (QED) is 0.840. The lowest BCUT2D eigenvalue weighted by Gasteiger charge is -2.07. The van der Waals surface area contributed by atoms with Gasteiger partial charge in [-0.05, 0) is 29.8 Å². The molecule has 2 aromatic rings. The molecule has 94 valence electrons. The summed E-state index contributed by atoms with van der Waals surface area (Å²) in [4.78, 5) is 3.91. The van der Waals surface area contributed by atoms with E-state index < -0.39 is 0 Å². The molecule has 0 atom stereocenters. The Hall–Kier alpha value is -2.74. The molecule has 0 saturated carbocycles. The number of nitrogens with zero attached hydrogens (tertiary/aromatic N) is 2. The van der Waals surface area contributed by atoms with Gasteiger partial charge in [-0.15, -0.1) is 0 Å². The Bertz CT molecular complexity index is 649. The maximum Gasteiger partial charge on any atom is 0.231 e. The molecule has 5 heteroatoms. The molecule has 1 aliphatic heterocycles. The minimum atomic E-state index is 0.245. The van der Waals surface area contributed by atoms with E-state index in [0.29, 0.717) is 23.8 Å². The molecule has 0 amide bonds. The van der Waals surface area contributed by atoms with Gasteiger partial charge in [-0.3, -0.25) is 0 Å². The van der Waals surface area contributed by atoms with Crippen molar-refractivity contribution < 1.29 is 14.2 Å². The predicted molar refractivity (Wildman–Crippen MR) is 65.8 cm³/mol. The molecule has 1 aliphatic rings. The molecule has 0 fully saturated rings. The first kappa shape index (κ1) is 11.4. The molecule has 0 aliphatic carbocycles. The summed E-state index contributed by atoms with van der Waals surface area (Å²) < 4.78 is 16.1. The van der Waals surface area contributed by atoms with Crippen molar-refractivity contribution in [2.24, 2.45) is 0 Å². The summed E-state index contributed by atoms with van der Waals surface area (Å²) in [7, 11) is 0. The Balaban J connectivity index is 1.70. The maximum absolute atomic E-state index is 8.77. The third-order valence-electron chi connectivity index (χ3n) is 2.69. The number of ether oxygens (including phenoxy) is 3. The second-order valence-corrected chi connectivity index (χ2v) is 3.96. The van der Waals surface area contributed by atoms with Crippen LogP contribution in [-0.2, 0) is 6.61 Å². The van der Waals surface area contributed by atoms with E-state index in [0.717, 1.165) is 11.3 Å². The van der Waals surface area contributed by atoms with Gasteiger partial charge in [-0.25, -0.2) is 4.98 Å². The van der Waals surface area contributed by atoms with E-state index in [4.69, 9.17) is 19.5 Å². The fourth-order valence-electron chi connectivity index (χ4n) is 1.76. The number of benzene rings is 1. The van der Waals surface area contributed by atoms with E-state index in [1.54, 1.807) is 18.3 Å². The number of fused-ring (bicyclic) bond motifs is 1. The van der Waals surface area contributed by atoms with Crippen LogP contribution in [0, 0.1) is 11.3 Å². The summed E-state index contributed by atoms with van der Waals surface area (Å²) >= 11 is 0. The van der Waals surface area contributed by atoms with E-state index in [9.17, 15) is 0 Å². The first-order valence-electron chi connectivity index (χ1n) is 5.72. The minimum absolute atomic E-state index is 0.245. The molecule has 0 unspecified atom stereocenters. The van der Waals surface area contributed by atoms with Crippen molar-refractivity contribution >= 4 is 0 Å². The fraction of sp³-hybridized carbons (Fsp3) is 0.143. The van der Waals surface area contributed by atoms with E-state index >= 15 is 0 Å². The highest BCUT2D eigenvalue weighted by Crippen LogP contribution is 2.35. The van der Waals surface area contributed by atoms with Gasteiger partial charge in [0.15, 0.2) is 11.5 Å². The molecular formula is C14H10N2O3. The van der Waals surface area contributed by atoms with Crippen LogP contribution in [0.3, 0.4) is 0 Å². The van der Waals surface area contributed by atoms with Crippen LogP contribution in [0.1, 0.15) is 11.3 Å². The number of rotatable bonds is 3. The highest BCUT2D eigenvalue weighted by molar-refractivity contribution is 5.46. The molecule has 19 heavy (non-hydrogen) atoms. The van der Waals surface area contributed by atoms with Gasteiger partial charge in [0.05, 0.1) is 0 Å². The van der Waals surface area contributed by atoms with E-state index in [2.05, 4.69) is 4.98 Å². The Labute approximate surface area is 110 Å². The fourth-order valence-corrected chi connectivity index (χ4v) is 1.76. The second kappa shape index (κ2) is 4.86.